The molecule has 2 amide bonds. The van der Waals surface area contributed by atoms with E-state index in [0.717, 1.165) is 16.9 Å². The molecule has 1 aliphatic heterocycles. The fourth-order valence-electron chi connectivity index (χ4n) is 4.45. The van der Waals surface area contributed by atoms with Crippen LogP contribution >= 0.6 is 11.6 Å². The van der Waals surface area contributed by atoms with Crippen LogP contribution in [-0.4, -0.2) is 48.9 Å². The smallest absolute Gasteiger partial charge is 0.255 e. The van der Waals surface area contributed by atoms with E-state index in [2.05, 4.69) is 0 Å². The van der Waals surface area contributed by atoms with Crippen LogP contribution in [0.15, 0.2) is 78.9 Å². The minimum atomic E-state index is -0.364. The molecule has 5 nitrogen and oxygen atoms in total. The van der Waals surface area contributed by atoms with Crippen molar-refractivity contribution in [2.24, 2.45) is 5.92 Å². The first-order valence-electron chi connectivity index (χ1n) is 10.9. The molecule has 0 bridgehead atoms. The van der Waals surface area contributed by atoms with Crippen LogP contribution in [0.1, 0.15) is 27.4 Å². The minimum Gasteiger partial charge on any atom is -0.497 e. The van der Waals surface area contributed by atoms with Gasteiger partial charge < -0.3 is 14.5 Å². The lowest BCUT2D eigenvalue weighted by atomic mass is 9.88. The molecule has 1 aliphatic rings. The average Bonchev–Trinajstić information content (AvgIpc) is 3.29. The van der Waals surface area contributed by atoms with E-state index in [4.69, 9.17) is 16.3 Å². The summed E-state index contributed by atoms with van der Waals surface area (Å²) in [6, 6.07) is 24.7. The van der Waals surface area contributed by atoms with Gasteiger partial charge in [-0.2, -0.15) is 0 Å². The third-order valence-corrected chi connectivity index (χ3v) is 6.52. The van der Waals surface area contributed by atoms with Crippen LogP contribution in [0.25, 0.3) is 0 Å². The van der Waals surface area contributed by atoms with Crippen LogP contribution in [0.5, 0.6) is 5.75 Å². The van der Waals surface area contributed by atoms with Crippen LogP contribution in [0.4, 0.5) is 0 Å². The standard InChI is InChI=1S/C27H27ClN2O3/c1-29(16-19-9-4-3-5-10-19)26(31)24-18-30(27(32)22-13-6-7-14-25(22)28)17-23(24)20-11-8-12-21(15-20)33-2/h3-15,23-24H,16-18H2,1-2H3/t23-,24-/m0/s1. The lowest BCUT2D eigenvalue weighted by Crippen LogP contribution is -2.36. The number of ether oxygens (including phenoxy) is 1. The molecule has 0 unspecified atom stereocenters. The highest BCUT2D eigenvalue weighted by Crippen LogP contribution is 2.36. The number of hydrogen-bond acceptors (Lipinski definition) is 3. The minimum absolute atomic E-state index is 0.0149. The zero-order valence-electron chi connectivity index (χ0n) is 18.8. The van der Waals surface area contributed by atoms with E-state index >= 15 is 0 Å². The van der Waals surface area contributed by atoms with E-state index in [1.165, 1.54) is 0 Å². The summed E-state index contributed by atoms with van der Waals surface area (Å²) in [5.74, 6) is 0.0809. The quantitative estimate of drug-likeness (QED) is 0.525. The molecule has 170 valence electrons. The maximum Gasteiger partial charge on any atom is 0.255 e. The van der Waals surface area contributed by atoms with Crippen molar-refractivity contribution in [1.29, 1.82) is 0 Å². The monoisotopic (exact) mass is 462 g/mol. The Kier molecular flexibility index (Phi) is 6.99. The van der Waals surface area contributed by atoms with Crippen LogP contribution in [0, 0.1) is 5.92 Å². The molecule has 0 aliphatic carbocycles. The van der Waals surface area contributed by atoms with Gasteiger partial charge in [-0.3, -0.25) is 9.59 Å². The third-order valence-electron chi connectivity index (χ3n) is 6.19. The van der Waals surface area contributed by atoms with Gasteiger partial charge in [0.25, 0.3) is 5.91 Å². The summed E-state index contributed by atoms with van der Waals surface area (Å²) >= 11 is 6.29. The van der Waals surface area contributed by atoms with Crippen LogP contribution in [0.2, 0.25) is 5.02 Å². The van der Waals surface area contributed by atoms with Crippen molar-refractivity contribution in [3.63, 3.8) is 0 Å². The second-order valence-corrected chi connectivity index (χ2v) is 8.77. The number of benzene rings is 3. The molecule has 3 aromatic rings. The van der Waals surface area contributed by atoms with Gasteiger partial charge in [-0.25, -0.2) is 0 Å². The van der Waals surface area contributed by atoms with Crippen molar-refractivity contribution >= 4 is 23.4 Å². The Labute approximate surface area is 199 Å². The van der Waals surface area contributed by atoms with Crippen LogP contribution in [-0.2, 0) is 11.3 Å². The largest absolute Gasteiger partial charge is 0.497 e. The second-order valence-electron chi connectivity index (χ2n) is 8.36. The molecule has 2 atom stereocenters. The van der Waals surface area contributed by atoms with Gasteiger partial charge >= 0.3 is 0 Å². The van der Waals surface area contributed by atoms with Crippen molar-refractivity contribution in [3.05, 3.63) is 101 Å². The highest BCUT2D eigenvalue weighted by atomic mass is 35.5. The number of halogens is 1. The van der Waals surface area contributed by atoms with E-state index in [0.29, 0.717) is 30.2 Å². The van der Waals surface area contributed by atoms with Gasteiger partial charge in [0.15, 0.2) is 0 Å². The first kappa shape index (κ1) is 22.9. The molecule has 6 heteroatoms. The summed E-state index contributed by atoms with van der Waals surface area (Å²) in [6.07, 6.45) is 0. The van der Waals surface area contributed by atoms with Gasteiger partial charge in [-0.05, 0) is 35.4 Å². The predicted molar refractivity (Wildman–Crippen MR) is 129 cm³/mol. The lowest BCUT2D eigenvalue weighted by Gasteiger charge is -2.25. The summed E-state index contributed by atoms with van der Waals surface area (Å²) in [7, 11) is 3.44. The molecule has 3 aromatic carbocycles. The van der Waals surface area contributed by atoms with E-state index in [9.17, 15) is 9.59 Å². The van der Waals surface area contributed by atoms with Gasteiger partial charge in [0.05, 0.1) is 23.6 Å². The molecule has 0 spiro atoms. The Morgan fingerprint density at radius 1 is 1.00 bits per heavy atom. The number of carbonyl (C=O) groups is 2. The van der Waals surface area contributed by atoms with Gasteiger partial charge in [0.1, 0.15) is 5.75 Å². The van der Waals surface area contributed by atoms with Gasteiger partial charge in [0.2, 0.25) is 5.91 Å². The highest BCUT2D eigenvalue weighted by Gasteiger charge is 2.42. The van der Waals surface area contributed by atoms with Crippen molar-refractivity contribution in [2.75, 3.05) is 27.2 Å². The topological polar surface area (TPSA) is 49.9 Å². The summed E-state index contributed by atoms with van der Waals surface area (Å²) in [5, 5.41) is 0.413. The van der Waals surface area contributed by atoms with Crippen molar-refractivity contribution in [2.45, 2.75) is 12.5 Å². The molecule has 4 rings (SSSR count). The molecule has 1 heterocycles. The Hall–Kier alpha value is -3.31. The van der Waals surface area contributed by atoms with Crippen molar-refractivity contribution < 1.29 is 14.3 Å². The van der Waals surface area contributed by atoms with E-state index < -0.39 is 0 Å². The van der Waals surface area contributed by atoms with Crippen LogP contribution in [0.3, 0.4) is 0 Å². The van der Waals surface area contributed by atoms with Crippen molar-refractivity contribution in [1.82, 2.24) is 9.80 Å². The molecule has 1 fully saturated rings. The summed E-state index contributed by atoms with van der Waals surface area (Å²) in [5.41, 5.74) is 2.50. The normalized spacial score (nSPS) is 17.6. The number of methoxy groups -OCH3 is 1. The number of amides is 2. The number of hydrogen-bond donors (Lipinski definition) is 0. The zero-order valence-corrected chi connectivity index (χ0v) is 19.5. The summed E-state index contributed by atoms with van der Waals surface area (Å²) in [4.78, 5) is 30.4. The molecular weight excluding hydrogens is 436 g/mol. The first-order valence-corrected chi connectivity index (χ1v) is 11.3. The fraction of sp³-hybridized carbons (Fsp3) is 0.259. The number of nitrogens with zero attached hydrogens (tertiary/aromatic N) is 2. The van der Waals surface area contributed by atoms with Crippen LogP contribution < -0.4 is 4.74 Å². The molecule has 0 radical (unpaired) electrons. The molecule has 0 aromatic heterocycles. The van der Waals surface area contributed by atoms with Gasteiger partial charge in [-0.1, -0.05) is 66.2 Å². The summed E-state index contributed by atoms with van der Waals surface area (Å²) < 4.78 is 5.40. The molecule has 0 N–H and O–H groups in total. The Morgan fingerprint density at radius 3 is 2.45 bits per heavy atom. The number of rotatable bonds is 6. The lowest BCUT2D eigenvalue weighted by molar-refractivity contribution is -0.134. The Morgan fingerprint density at radius 2 is 1.73 bits per heavy atom. The van der Waals surface area contributed by atoms with E-state index in [-0.39, 0.29) is 23.7 Å². The number of likely N-dealkylation sites (tertiary alicyclic amines) is 1. The van der Waals surface area contributed by atoms with Gasteiger partial charge in [-0.15, -0.1) is 0 Å². The highest BCUT2D eigenvalue weighted by molar-refractivity contribution is 6.33. The van der Waals surface area contributed by atoms with E-state index in [1.807, 2.05) is 61.6 Å². The summed E-state index contributed by atoms with van der Waals surface area (Å²) in [6.45, 7) is 1.29. The Balaban J connectivity index is 1.62. The molecular formula is C27H27ClN2O3. The molecule has 0 saturated carbocycles. The predicted octanol–water partition coefficient (Wildman–Crippen LogP) is 4.86. The number of carbonyl (C=O) groups excluding carboxylic acids is 2. The molecule has 1 saturated heterocycles. The first-order chi connectivity index (χ1) is 16.0. The van der Waals surface area contributed by atoms with Gasteiger partial charge in [0, 0.05) is 32.6 Å². The zero-order chi connectivity index (χ0) is 23.4. The SMILES string of the molecule is COc1cccc([C@@H]2CN(C(=O)c3ccccc3Cl)C[C@@H]2C(=O)N(C)Cc2ccccc2)c1. The second kappa shape index (κ2) is 10.1. The average molecular weight is 463 g/mol. The van der Waals surface area contributed by atoms with Crippen molar-refractivity contribution in [3.8, 4) is 5.75 Å². The Bertz CT molecular complexity index is 1130. The maximum atomic E-state index is 13.6. The third kappa shape index (κ3) is 5.04. The molecule has 33 heavy (non-hydrogen) atoms. The fourth-order valence-corrected chi connectivity index (χ4v) is 4.67. The van der Waals surface area contributed by atoms with E-state index in [1.54, 1.807) is 41.2 Å². The maximum absolute atomic E-state index is 13.6.